The summed E-state index contributed by atoms with van der Waals surface area (Å²) in [5.74, 6) is 1.05. The van der Waals surface area contributed by atoms with Crippen molar-refractivity contribution in [1.29, 1.82) is 0 Å². The highest BCUT2D eigenvalue weighted by Gasteiger charge is 2.21. The SMILES string of the molecule is CCNC(=NCCc1cn2cccc(C)c2n1)N1CCN(CC(=O)NC(C)C)CC1.I. The van der Waals surface area contributed by atoms with Crippen molar-refractivity contribution in [2.24, 2.45) is 4.99 Å². The number of carbonyl (C=O) groups excluding carboxylic acids is 1. The smallest absolute Gasteiger partial charge is 0.234 e. The molecular weight excluding hydrogens is 505 g/mol. The van der Waals surface area contributed by atoms with Crippen molar-refractivity contribution >= 4 is 41.5 Å². The highest BCUT2D eigenvalue weighted by atomic mass is 127. The van der Waals surface area contributed by atoms with E-state index in [-0.39, 0.29) is 35.9 Å². The normalized spacial score (nSPS) is 15.3. The number of imidazole rings is 1. The molecule has 0 spiro atoms. The van der Waals surface area contributed by atoms with Crippen LogP contribution in [-0.4, -0.2) is 82.9 Å². The van der Waals surface area contributed by atoms with Crippen LogP contribution in [0.5, 0.6) is 0 Å². The lowest BCUT2D eigenvalue weighted by Gasteiger charge is -2.36. The van der Waals surface area contributed by atoms with Crippen LogP contribution in [0.25, 0.3) is 5.65 Å². The summed E-state index contributed by atoms with van der Waals surface area (Å²) in [5, 5.41) is 6.37. The lowest BCUT2D eigenvalue weighted by atomic mass is 10.3. The van der Waals surface area contributed by atoms with Gasteiger partial charge >= 0.3 is 0 Å². The van der Waals surface area contributed by atoms with Gasteiger partial charge in [-0.3, -0.25) is 14.7 Å². The fourth-order valence-corrected chi connectivity index (χ4v) is 3.72. The number of halogens is 1. The van der Waals surface area contributed by atoms with Gasteiger partial charge in [-0.15, -0.1) is 24.0 Å². The monoisotopic (exact) mass is 541 g/mol. The van der Waals surface area contributed by atoms with Gasteiger partial charge in [0, 0.05) is 64.1 Å². The van der Waals surface area contributed by atoms with Crippen molar-refractivity contribution in [1.82, 2.24) is 29.8 Å². The minimum absolute atomic E-state index is 0. The number of hydrogen-bond donors (Lipinski definition) is 2. The minimum atomic E-state index is 0. The van der Waals surface area contributed by atoms with Crippen molar-refractivity contribution < 1.29 is 4.79 Å². The van der Waals surface area contributed by atoms with Crippen molar-refractivity contribution in [3.05, 3.63) is 35.8 Å². The molecule has 2 aromatic rings. The van der Waals surface area contributed by atoms with E-state index in [0.717, 1.165) is 56.4 Å². The van der Waals surface area contributed by atoms with Gasteiger partial charge in [-0.25, -0.2) is 4.98 Å². The van der Waals surface area contributed by atoms with Gasteiger partial charge in [-0.1, -0.05) is 6.07 Å². The molecule has 2 aromatic heterocycles. The van der Waals surface area contributed by atoms with Gasteiger partial charge in [0.25, 0.3) is 0 Å². The number of hydrogen-bond acceptors (Lipinski definition) is 4. The number of fused-ring (bicyclic) bond motifs is 1. The number of guanidine groups is 1. The molecule has 9 heteroatoms. The number of aliphatic imine (C=N–C) groups is 1. The number of amides is 1. The second-order valence-electron chi connectivity index (χ2n) is 8.13. The number of carbonyl (C=O) groups is 1. The number of aryl methyl sites for hydroxylation is 1. The van der Waals surface area contributed by atoms with Crippen LogP contribution in [0, 0.1) is 6.92 Å². The van der Waals surface area contributed by atoms with Gasteiger partial charge in [0.1, 0.15) is 5.65 Å². The van der Waals surface area contributed by atoms with Crippen molar-refractivity contribution in [3.63, 3.8) is 0 Å². The largest absolute Gasteiger partial charge is 0.357 e. The number of aromatic nitrogens is 2. The van der Waals surface area contributed by atoms with Crippen LogP contribution < -0.4 is 10.6 Å². The molecule has 0 unspecified atom stereocenters. The molecule has 0 bridgehead atoms. The molecule has 3 rings (SSSR count). The van der Waals surface area contributed by atoms with Gasteiger partial charge in [-0.2, -0.15) is 0 Å². The predicted molar refractivity (Wildman–Crippen MR) is 136 cm³/mol. The van der Waals surface area contributed by atoms with E-state index < -0.39 is 0 Å². The third-order valence-corrected chi connectivity index (χ3v) is 5.18. The molecule has 1 amide bonds. The van der Waals surface area contributed by atoms with Crippen LogP contribution in [-0.2, 0) is 11.2 Å². The van der Waals surface area contributed by atoms with Crippen LogP contribution >= 0.6 is 24.0 Å². The number of nitrogens with zero attached hydrogens (tertiary/aromatic N) is 5. The van der Waals surface area contributed by atoms with Gasteiger partial charge in [0.05, 0.1) is 12.2 Å². The van der Waals surface area contributed by atoms with Gasteiger partial charge < -0.3 is 19.9 Å². The Kier molecular flexibility index (Phi) is 10.0. The summed E-state index contributed by atoms with van der Waals surface area (Å²) in [7, 11) is 0. The summed E-state index contributed by atoms with van der Waals surface area (Å²) in [4.78, 5) is 26.1. The Hall–Kier alpha value is -1.88. The molecule has 0 atom stereocenters. The Morgan fingerprint density at radius 2 is 2.00 bits per heavy atom. The summed E-state index contributed by atoms with van der Waals surface area (Å²) in [5.41, 5.74) is 3.26. The van der Waals surface area contributed by atoms with Crippen LogP contribution in [0.2, 0.25) is 0 Å². The summed E-state index contributed by atoms with van der Waals surface area (Å²) < 4.78 is 2.08. The Balaban J connectivity index is 0.00000341. The molecule has 0 saturated carbocycles. The average molecular weight is 541 g/mol. The van der Waals surface area contributed by atoms with Crippen molar-refractivity contribution in [3.8, 4) is 0 Å². The van der Waals surface area contributed by atoms with Gasteiger partial charge in [0.2, 0.25) is 5.91 Å². The maximum absolute atomic E-state index is 12.0. The highest BCUT2D eigenvalue weighted by Crippen LogP contribution is 2.10. The first-order valence-electron chi connectivity index (χ1n) is 10.9. The number of nitrogens with one attached hydrogen (secondary N) is 2. The Morgan fingerprint density at radius 3 is 2.65 bits per heavy atom. The summed E-state index contributed by atoms with van der Waals surface area (Å²) in [6.45, 7) is 13.6. The van der Waals surface area contributed by atoms with Crippen LogP contribution in [0.1, 0.15) is 32.0 Å². The summed E-state index contributed by atoms with van der Waals surface area (Å²) in [6.07, 6.45) is 4.93. The van der Waals surface area contributed by atoms with Gasteiger partial charge in [-0.05, 0) is 39.3 Å². The quantitative estimate of drug-likeness (QED) is 0.318. The first-order chi connectivity index (χ1) is 14.5. The molecule has 0 aliphatic carbocycles. The molecule has 3 heterocycles. The molecule has 2 N–H and O–H groups in total. The highest BCUT2D eigenvalue weighted by molar-refractivity contribution is 14.0. The number of piperazine rings is 1. The zero-order chi connectivity index (χ0) is 21.5. The molecule has 1 aliphatic rings. The van der Waals surface area contributed by atoms with Crippen LogP contribution in [0.4, 0.5) is 0 Å². The van der Waals surface area contributed by atoms with E-state index in [1.807, 2.05) is 26.1 Å². The van der Waals surface area contributed by atoms with Crippen molar-refractivity contribution in [2.75, 3.05) is 45.8 Å². The lowest BCUT2D eigenvalue weighted by Crippen LogP contribution is -2.54. The molecule has 172 valence electrons. The van der Waals surface area contributed by atoms with E-state index in [0.29, 0.717) is 13.1 Å². The fourth-order valence-electron chi connectivity index (χ4n) is 3.72. The predicted octanol–water partition coefficient (Wildman–Crippen LogP) is 1.91. The lowest BCUT2D eigenvalue weighted by molar-refractivity contribution is -0.123. The van der Waals surface area contributed by atoms with E-state index in [1.165, 1.54) is 5.56 Å². The first-order valence-corrected chi connectivity index (χ1v) is 10.9. The zero-order valence-corrected chi connectivity index (χ0v) is 21.4. The standard InChI is InChI=1S/C22H35N7O.HI/c1-5-23-22(28-13-11-27(12-14-28)16-20(30)25-17(2)3)24-9-8-19-15-29-10-6-7-18(4)21(29)26-19;/h6-7,10,15,17H,5,8-9,11-14,16H2,1-4H3,(H,23,24)(H,25,30);1H. The summed E-state index contributed by atoms with van der Waals surface area (Å²) in [6, 6.07) is 4.31. The maximum atomic E-state index is 12.0. The molecule has 31 heavy (non-hydrogen) atoms. The maximum Gasteiger partial charge on any atom is 0.234 e. The Morgan fingerprint density at radius 1 is 1.26 bits per heavy atom. The Labute approximate surface area is 202 Å². The van der Waals surface area contributed by atoms with Crippen LogP contribution in [0.3, 0.4) is 0 Å². The van der Waals surface area contributed by atoms with E-state index in [4.69, 9.17) is 9.98 Å². The van der Waals surface area contributed by atoms with Gasteiger partial charge in [0.15, 0.2) is 5.96 Å². The molecule has 0 aromatic carbocycles. The third kappa shape index (κ3) is 7.34. The second-order valence-corrected chi connectivity index (χ2v) is 8.13. The molecule has 0 radical (unpaired) electrons. The second kappa shape index (κ2) is 12.2. The topological polar surface area (TPSA) is 77.3 Å². The molecule has 8 nitrogen and oxygen atoms in total. The summed E-state index contributed by atoms with van der Waals surface area (Å²) >= 11 is 0. The van der Waals surface area contributed by atoms with E-state index >= 15 is 0 Å². The fraction of sp³-hybridized carbons (Fsp3) is 0.591. The Bertz CT molecular complexity index is 872. The number of pyridine rings is 1. The third-order valence-electron chi connectivity index (χ3n) is 5.18. The van der Waals surface area contributed by atoms with E-state index in [9.17, 15) is 4.79 Å². The van der Waals surface area contributed by atoms with Crippen molar-refractivity contribution in [2.45, 2.75) is 40.2 Å². The molecule has 1 fully saturated rings. The first kappa shape index (κ1) is 25.4. The minimum Gasteiger partial charge on any atom is -0.357 e. The molecule has 1 aliphatic heterocycles. The van der Waals surface area contributed by atoms with Crippen LogP contribution in [0.15, 0.2) is 29.5 Å². The van der Waals surface area contributed by atoms with E-state index in [2.05, 4.69) is 50.9 Å². The van der Waals surface area contributed by atoms with E-state index in [1.54, 1.807) is 0 Å². The average Bonchev–Trinajstić information content (AvgIpc) is 3.12. The molecular formula is C22H36IN7O. The molecule has 1 saturated heterocycles. The zero-order valence-electron chi connectivity index (χ0n) is 19.1. The number of rotatable bonds is 7.